The molecule has 138 valence electrons. The van der Waals surface area contributed by atoms with Gasteiger partial charge in [-0.3, -0.25) is 9.79 Å². The molecule has 1 saturated heterocycles. The lowest BCUT2D eigenvalue weighted by atomic mass is 9.83. The number of furan rings is 1. The second kappa shape index (κ2) is 7.93. The first kappa shape index (κ1) is 17.8. The molecule has 1 saturated carbocycles. The Morgan fingerprint density at radius 1 is 1.24 bits per heavy atom. The van der Waals surface area contributed by atoms with Crippen LogP contribution in [0.5, 0.6) is 0 Å². The predicted molar refractivity (Wildman–Crippen MR) is 98.7 cm³/mol. The number of carbonyl (C=O) groups excluding carboxylic acids is 1. The zero-order chi connectivity index (χ0) is 17.7. The van der Waals surface area contributed by atoms with Crippen molar-refractivity contribution < 1.29 is 9.21 Å². The Morgan fingerprint density at radius 2 is 1.92 bits per heavy atom. The number of carbonyl (C=O) groups is 1. The first-order valence-electron chi connectivity index (χ1n) is 9.46. The smallest absolute Gasteiger partial charge is 0.289 e. The number of rotatable bonds is 4. The van der Waals surface area contributed by atoms with Gasteiger partial charge in [-0.2, -0.15) is 0 Å². The highest BCUT2D eigenvalue weighted by Gasteiger charge is 2.33. The maximum absolute atomic E-state index is 12.4. The van der Waals surface area contributed by atoms with Gasteiger partial charge >= 0.3 is 0 Å². The minimum absolute atomic E-state index is 0.0245. The van der Waals surface area contributed by atoms with Crippen LogP contribution in [0, 0.1) is 5.41 Å². The van der Waals surface area contributed by atoms with Gasteiger partial charge in [0.2, 0.25) is 0 Å². The summed E-state index contributed by atoms with van der Waals surface area (Å²) in [6.45, 7) is 6.28. The molecular formula is C19H30N4O2. The molecule has 0 atom stereocenters. The van der Waals surface area contributed by atoms with E-state index in [9.17, 15) is 4.79 Å². The van der Waals surface area contributed by atoms with Crippen molar-refractivity contribution in [1.29, 1.82) is 0 Å². The summed E-state index contributed by atoms with van der Waals surface area (Å²) in [5, 5.41) is 3.60. The van der Waals surface area contributed by atoms with Gasteiger partial charge in [0.15, 0.2) is 11.7 Å². The Labute approximate surface area is 150 Å². The average molecular weight is 346 g/mol. The summed E-state index contributed by atoms with van der Waals surface area (Å²) in [7, 11) is 1.84. The van der Waals surface area contributed by atoms with Gasteiger partial charge in [-0.15, -0.1) is 0 Å². The summed E-state index contributed by atoms with van der Waals surface area (Å²) < 4.78 is 5.22. The second-order valence-corrected chi connectivity index (χ2v) is 7.22. The second-order valence-electron chi connectivity index (χ2n) is 7.22. The highest BCUT2D eigenvalue weighted by Crippen LogP contribution is 2.40. The van der Waals surface area contributed by atoms with E-state index in [4.69, 9.17) is 4.42 Å². The third-order valence-corrected chi connectivity index (χ3v) is 5.85. The molecule has 0 spiro atoms. The maximum Gasteiger partial charge on any atom is 0.289 e. The van der Waals surface area contributed by atoms with E-state index in [-0.39, 0.29) is 5.91 Å². The zero-order valence-corrected chi connectivity index (χ0v) is 15.5. The largest absolute Gasteiger partial charge is 0.459 e. The molecule has 1 aliphatic carbocycles. The molecule has 6 nitrogen and oxygen atoms in total. The molecule has 0 aromatic carbocycles. The van der Waals surface area contributed by atoms with Crippen LogP contribution >= 0.6 is 0 Å². The van der Waals surface area contributed by atoms with Gasteiger partial charge in [-0.1, -0.05) is 19.8 Å². The number of amides is 1. The van der Waals surface area contributed by atoms with Crippen LogP contribution in [0.25, 0.3) is 0 Å². The normalized spacial score (nSPS) is 20.8. The lowest BCUT2D eigenvalue weighted by Gasteiger charge is -2.37. The molecule has 0 unspecified atom stereocenters. The minimum atomic E-state index is -0.0245. The Hall–Kier alpha value is -1.98. The molecule has 0 bridgehead atoms. The van der Waals surface area contributed by atoms with Gasteiger partial charge in [-0.25, -0.2) is 0 Å². The molecule has 25 heavy (non-hydrogen) atoms. The summed E-state index contributed by atoms with van der Waals surface area (Å²) in [4.78, 5) is 20.9. The van der Waals surface area contributed by atoms with Crippen molar-refractivity contribution in [2.75, 3.05) is 39.8 Å². The number of hydrogen-bond donors (Lipinski definition) is 1. The molecule has 1 N–H and O–H groups in total. The number of piperazine rings is 1. The van der Waals surface area contributed by atoms with Crippen LogP contribution in [0.1, 0.15) is 49.6 Å². The Morgan fingerprint density at radius 3 is 2.48 bits per heavy atom. The van der Waals surface area contributed by atoms with E-state index in [1.807, 2.05) is 11.9 Å². The van der Waals surface area contributed by atoms with Crippen LogP contribution in [-0.2, 0) is 0 Å². The van der Waals surface area contributed by atoms with E-state index in [2.05, 4.69) is 22.1 Å². The maximum atomic E-state index is 12.4. The number of hydrogen-bond acceptors (Lipinski definition) is 3. The molecule has 1 aromatic heterocycles. The van der Waals surface area contributed by atoms with Gasteiger partial charge in [-0.05, 0) is 36.8 Å². The minimum Gasteiger partial charge on any atom is -0.459 e. The molecule has 3 rings (SSSR count). The van der Waals surface area contributed by atoms with Crippen LogP contribution < -0.4 is 5.32 Å². The van der Waals surface area contributed by atoms with Crippen molar-refractivity contribution in [1.82, 2.24) is 15.1 Å². The fourth-order valence-electron chi connectivity index (χ4n) is 4.06. The van der Waals surface area contributed by atoms with Gasteiger partial charge in [0, 0.05) is 39.8 Å². The predicted octanol–water partition coefficient (Wildman–Crippen LogP) is 2.58. The van der Waals surface area contributed by atoms with Crippen molar-refractivity contribution in [2.24, 2.45) is 10.4 Å². The van der Waals surface area contributed by atoms with E-state index in [0.29, 0.717) is 24.3 Å². The molecule has 1 aliphatic heterocycles. The molecule has 2 fully saturated rings. The fourth-order valence-corrected chi connectivity index (χ4v) is 4.06. The lowest BCUT2D eigenvalue weighted by molar-refractivity contribution is 0.0657. The molecule has 2 aliphatic rings. The zero-order valence-electron chi connectivity index (χ0n) is 15.5. The molecule has 2 heterocycles. The SMILES string of the molecule is CCC1(CNC(=NC)N2CCN(C(=O)c3ccco3)CC2)CCCC1. The third-order valence-electron chi connectivity index (χ3n) is 5.85. The Balaban J connectivity index is 1.51. The van der Waals surface area contributed by atoms with Crippen LogP contribution in [0.15, 0.2) is 27.8 Å². The number of nitrogens with one attached hydrogen (secondary N) is 1. The van der Waals surface area contributed by atoms with Crippen molar-refractivity contribution in [2.45, 2.75) is 39.0 Å². The van der Waals surface area contributed by atoms with E-state index >= 15 is 0 Å². The molecular weight excluding hydrogens is 316 g/mol. The van der Waals surface area contributed by atoms with Crippen LogP contribution in [-0.4, -0.2) is 61.4 Å². The number of aliphatic imine (C=N–C) groups is 1. The van der Waals surface area contributed by atoms with Crippen LogP contribution in [0.4, 0.5) is 0 Å². The number of nitrogens with zero attached hydrogens (tertiary/aromatic N) is 3. The average Bonchev–Trinajstić information content (AvgIpc) is 3.35. The lowest BCUT2D eigenvalue weighted by Crippen LogP contribution is -2.54. The van der Waals surface area contributed by atoms with Gasteiger partial charge in [0.05, 0.1) is 6.26 Å². The summed E-state index contributed by atoms with van der Waals surface area (Å²) in [6, 6.07) is 3.48. The van der Waals surface area contributed by atoms with Crippen molar-refractivity contribution in [3.63, 3.8) is 0 Å². The van der Waals surface area contributed by atoms with Crippen molar-refractivity contribution >= 4 is 11.9 Å². The Bertz CT molecular complexity index is 583. The topological polar surface area (TPSA) is 61.1 Å². The summed E-state index contributed by atoms with van der Waals surface area (Å²) in [6.07, 6.45) is 8.10. The summed E-state index contributed by atoms with van der Waals surface area (Å²) in [5.74, 6) is 1.36. The standard InChI is InChI=1S/C19H30N4O2/c1-3-19(8-4-5-9-19)15-21-18(20-2)23-12-10-22(11-13-23)17(24)16-7-6-14-25-16/h6-7,14H,3-5,8-13,15H2,1-2H3,(H,20,21). The van der Waals surface area contributed by atoms with E-state index in [0.717, 1.165) is 25.6 Å². The monoisotopic (exact) mass is 346 g/mol. The van der Waals surface area contributed by atoms with Crippen molar-refractivity contribution in [3.05, 3.63) is 24.2 Å². The van der Waals surface area contributed by atoms with Crippen molar-refractivity contribution in [3.8, 4) is 0 Å². The molecule has 1 amide bonds. The molecule has 1 aromatic rings. The van der Waals surface area contributed by atoms with Crippen LogP contribution in [0.2, 0.25) is 0 Å². The summed E-state index contributed by atoms with van der Waals surface area (Å²) >= 11 is 0. The third kappa shape index (κ3) is 3.99. The Kier molecular flexibility index (Phi) is 5.66. The fraction of sp³-hybridized carbons (Fsp3) is 0.684. The van der Waals surface area contributed by atoms with Crippen LogP contribution in [0.3, 0.4) is 0 Å². The number of guanidine groups is 1. The van der Waals surface area contributed by atoms with E-state index < -0.39 is 0 Å². The van der Waals surface area contributed by atoms with E-state index in [1.165, 1.54) is 32.1 Å². The van der Waals surface area contributed by atoms with E-state index in [1.54, 1.807) is 18.4 Å². The highest BCUT2D eigenvalue weighted by atomic mass is 16.3. The molecule has 0 radical (unpaired) electrons. The first-order chi connectivity index (χ1) is 12.2. The highest BCUT2D eigenvalue weighted by molar-refractivity contribution is 5.91. The first-order valence-corrected chi connectivity index (χ1v) is 9.46. The quantitative estimate of drug-likeness (QED) is 0.672. The van der Waals surface area contributed by atoms with Gasteiger partial charge in [0.1, 0.15) is 0 Å². The van der Waals surface area contributed by atoms with Gasteiger partial charge < -0.3 is 19.5 Å². The van der Waals surface area contributed by atoms with Gasteiger partial charge in [0.25, 0.3) is 5.91 Å². The molecule has 6 heteroatoms. The summed E-state index contributed by atoms with van der Waals surface area (Å²) in [5.41, 5.74) is 0.438.